The highest BCUT2D eigenvalue weighted by Crippen LogP contribution is 2.43. The minimum Gasteiger partial charge on any atom is -0.326 e. The summed E-state index contributed by atoms with van der Waals surface area (Å²) >= 11 is 0. The first-order valence-corrected chi connectivity index (χ1v) is 12.7. The van der Waals surface area contributed by atoms with E-state index in [2.05, 4.69) is 21.7 Å². The fourth-order valence-corrected chi connectivity index (χ4v) is 8.10. The Morgan fingerprint density at radius 1 is 1.27 bits per heavy atom. The molecule has 1 aromatic rings. The predicted molar refractivity (Wildman–Crippen MR) is 110 cm³/mol. The van der Waals surface area contributed by atoms with E-state index in [1.807, 2.05) is 24.3 Å². The molecule has 1 aliphatic heterocycles. The average molecular weight is 416 g/mol. The van der Waals surface area contributed by atoms with E-state index in [0.717, 1.165) is 24.9 Å². The van der Waals surface area contributed by atoms with Crippen LogP contribution in [-0.4, -0.2) is 37.4 Å². The molecule has 0 radical (unpaired) electrons. The molecule has 1 amide bonds. The van der Waals surface area contributed by atoms with Gasteiger partial charge in [-0.3, -0.25) is 4.79 Å². The fraction of sp³-hybridized carbons (Fsp3) is 0.588. The number of amides is 1. The zero-order valence-corrected chi connectivity index (χ0v) is 17.2. The summed E-state index contributed by atoms with van der Waals surface area (Å²) in [5, 5.41) is 2.73. The van der Waals surface area contributed by atoms with Crippen LogP contribution in [0.4, 0.5) is 5.69 Å². The minimum atomic E-state index is -3.43. The van der Waals surface area contributed by atoms with Gasteiger partial charge in [0.05, 0.1) is 5.25 Å². The third-order valence-electron chi connectivity index (χ3n) is 4.83. The van der Waals surface area contributed by atoms with E-state index in [1.54, 1.807) is 21.8 Å². The van der Waals surface area contributed by atoms with E-state index in [9.17, 15) is 13.2 Å². The molecule has 1 heterocycles. The number of sulfonamides is 1. The Morgan fingerprint density at radius 3 is 2.77 bits per heavy atom. The molecule has 1 aliphatic carbocycles. The van der Waals surface area contributed by atoms with Gasteiger partial charge in [-0.25, -0.2) is 17.9 Å². The Kier molecular flexibility index (Phi) is 6.90. The summed E-state index contributed by atoms with van der Waals surface area (Å²) in [6.07, 6.45) is 3.72. The lowest BCUT2D eigenvalue weighted by molar-refractivity contribution is -0.116. The third-order valence-corrected chi connectivity index (χ3v) is 9.33. The molecular formula is C17H25N3O3S3. The molecule has 144 valence electrons. The highest BCUT2D eigenvalue weighted by molar-refractivity contribution is 8.76. The maximum Gasteiger partial charge on any atom is 0.225 e. The summed E-state index contributed by atoms with van der Waals surface area (Å²) in [4.78, 5) is 12.0. The van der Waals surface area contributed by atoms with Crippen LogP contribution in [0.1, 0.15) is 38.2 Å². The monoisotopic (exact) mass is 415 g/mol. The molecule has 0 bridgehead atoms. The van der Waals surface area contributed by atoms with Crippen LogP contribution in [0.15, 0.2) is 24.3 Å². The Balaban J connectivity index is 1.47. The van der Waals surface area contributed by atoms with Crippen molar-refractivity contribution >= 4 is 43.4 Å². The second-order valence-corrected chi connectivity index (χ2v) is 10.9. The van der Waals surface area contributed by atoms with Gasteiger partial charge in [0, 0.05) is 29.9 Å². The SMILES string of the molecule is CCc1ccc(NC(=O)CCNS(=O)(=O)C2CCCC3SSNC32)cc1. The summed E-state index contributed by atoms with van der Waals surface area (Å²) < 4.78 is 31.1. The molecule has 6 nitrogen and oxygen atoms in total. The molecule has 1 saturated carbocycles. The number of anilines is 1. The first-order valence-electron chi connectivity index (χ1n) is 8.94. The molecule has 2 aliphatic rings. The number of benzene rings is 1. The average Bonchev–Trinajstić information content (AvgIpc) is 3.10. The number of aryl methyl sites for hydroxylation is 1. The quantitative estimate of drug-likeness (QED) is 0.469. The summed E-state index contributed by atoms with van der Waals surface area (Å²) in [7, 11) is -0.164. The normalized spacial score (nSPS) is 25.7. The van der Waals surface area contributed by atoms with E-state index in [-0.39, 0.29) is 24.9 Å². The van der Waals surface area contributed by atoms with Gasteiger partial charge in [-0.15, -0.1) is 0 Å². The van der Waals surface area contributed by atoms with Gasteiger partial charge in [0.15, 0.2) is 0 Å². The highest BCUT2D eigenvalue weighted by atomic mass is 33.1. The topological polar surface area (TPSA) is 87.3 Å². The van der Waals surface area contributed by atoms with Crippen molar-refractivity contribution in [1.29, 1.82) is 0 Å². The minimum absolute atomic E-state index is 0.0119. The molecule has 9 heteroatoms. The van der Waals surface area contributed by atoms with E-state index in [0.29, 0.717) is 11.7 Å². The van der Waals surface area contributed by atoms with Gasteiger partial charge in [-0.1, -0.05) is 36.3 Å². The van der Waals surface area contributed by atoms with Crippen molar-refractivity contribution in [3.05, 3.63) is 29.8 Å². The number of hydrogen-bond donors (Lipinski definition) is 3. The van der Waals surface area contributed by atoms with Gasteiger partial charge in [-0.2, -0.15) is 0 Å². The maximum atomic E-state index is 12.6. The zero-order valence-electron chi connectivity index (χ0n) is 14.7. The number of carbonyl (C=O) groups excluding carboxylic acids is 1. The number of carbonyl (C=O) groups is 1. The lowest BCUT2D eigenvalue weighted by Gasteiger charge is -2.31. The van der Waals surface area contributed by atoms with Crippen LogP contribution in [0.2, 0.25) is 0 Å². The summed E-state index contributed by atoms with van der Waals surface area (Å²) in [6, 6.07) is 7.67. The molecule has 2 fully saturated rings. The van der Waals surface area contributed by atoms with Crippen LogP contribution in [0.25, 0.3) is 0 Å². The van der Waals surface area contributed by atoms with E-state index < -0.39 is 15.3 Å². The van der Waals surface area contributed by atoms with Crippen molar-refractivity contribution in [3.8, 4) is 0 Å². The van der Waals surface area contributed by atoms with Gasteiger partial charge in [-0.05, 0) is 47.9 Å². The Morgan fingerprint density at radius 2 is 2.04 bits per heavy atom. The van der Waals surface area contributed by atoms with Crippen molar-refractivity contribution in [2.45, 2.75) is 55.6 Å². The van der Waals surface area contributed by atoms with Gasteiger partial charge >= 0.3 is 0 Å². The second-order valence-electron chi connectivity index (χ2n) is 6.62. The van der Waals surface area contributed by atoms with E-state index in [4.69, 9.17) is 0 Å². The van der Waals surface area contributed by atoms with Crippen LogP contribution in [0, 0.1) is 0 Å². The first-order chi connectivity index (χ1) is 12.5. The Bertz CT molecular complexity index is 725. The van der Waals surface area contributed by atoms with Crippen molar-refractivity contribution in [2.24, 2.45) is 0 Å². The molecule has 0 aromatic heterocycles. The Hall–Kier alpha value is -0.740. The number of rotatable bonds is 7. The molecule has 0 spiro atoms. The number of nitrogens with one attached hydrogen (secondary N) is 3. The predicted octanol–water partition coefficient (Wildman–Crippen LogP) is 2.69. The second kappa shape index (κ2) is 8.97. The largest absolute Gasteiger partial charge is 0.326 e. The van der Waals surface area contributed by atoms with Crippen LogP contribution in [0.5, 0.6) is 0 Å². The summed E-state index contributed by atoms with van der Waals surface area (Å²) in [5.74, 6) is -0.191. The first kappa shape index (κ1) is 20.0. The molecular weight excluding hydrogens is 390 g/mol. The molecule has 26 heavy (non-hydrogen) atoms. The summed E-state index contributed by atoms with van der Waals surface area (Å²) in [5.41, 5.74) is 1.94. The van der Waals surface area contributed by atoms with Crippen LogP contribution in [-0.2, 0) is 21.2 Å². The fourth-order valence-electron chi connectivity index (χ4n) is 3.33. The lowest BCUT2D eigenvalue weighted by Crippen LogP contribution is -2.51. The molecule has 3 unspecified atom stereocenters. The third kappa shape index (κ3) is 4.95. The standard InChI is InChI=1S/C17H25N3O3S3/c1-2-12-6-8-13(9-7-12)19-16(21)10-11-18-26(22,23)15-5-3-4-14-17(15)20-25-24-14/h6-9,14-15,17-18,20H,2-5,10-11H2,1H3,(H,19,21). The summed E-state index contributed by atoms with van der Waals surface area (Å²) in [6.45, 7) is 2.20. The molecule has 1 saturated heterocycles. The van der Waals surface area contributed by atoms with Crippen molar-refractivity contribution < 1.29 is 13.2 Å². The van der Waals surface area contributed by atoms with E-state index in [1.165, 1.54) is 5.56 Å². The molecule has 3 atom stereocenters. The van der Waals surface area contributed by atoms with Crippen LogP contribution < -0.4 is 14.8 Å². The maximum absolute atomic E-state index is 12.6. The van der Waals surface area contributed by atoms with Crippen LogP contribution >= 0.6 is 21.8 Å². The number of fused-ring (bicyclic) bond motifs is 1. The Labute approximate surface area is 163 Å². The highest BCUT2D eigenvalue weighted by Gasteiger charge is 2.44. The zero-order chi connectivity index (χ0) is 18.6. The molecule has 3 rings (SSSR count). The van der Waals surface area contributed by atoms with Gasteiger partial charge in [0.25, 0.3) is 0 Å². The van der Waals surface area contributed by atoms with Gasteiger partial charge in [0.1, 0.15) is 0 Å². The lowest BCUT2D eigenvalue weighted by atomic mass is 9.95. The van der Waals surface area contributed by atoms with Crippen molar-refractivity contribution in [2.75, 3.05) is 11.9 Å². The van der Waals surface area contributed by atoms with Crippen molar-refractivity contribution in [3.63, 3.8) is 0 Å². The van der Waals surface area contributed by atoms with Crippen LogP contribution in [0.3, 0.4) is 0 Å². The number of hydrogen-bond acceptors (Lipinski definition) is 6. The van der Waals surface area contributed by atoms with Gasteiger partial charge in [0.2, 0.25) is 15.9 Å². The van der Waals surface area contributed by atoms with Gasteiger partial charge < -0.3 is 5.32 Å². The van der Waals surface area contributed by atoms with Crippen molar-refractivity contribution in [1.82, 2.24) is 9.44 Å². The van der Waals surface area contributed by atoms with E-state index >= 15 is 0 Å². The molecule has 1 aromatic carbocycles. The smallest absolute Gasteiger partial charge is 0.225 e. The molecule has 3 N–H and O–H groups in total.